The Morgan fingerprint density at radius 2 is 1.79 bits per heavy atom. The summed E-state index contributed by atoms with van der Waals surface area (Å²) in [6.45, 7) is -0.275. The van der Waals surface area contributed by atoms with Gasteiger partial charge in [-0.05, 0) is 24.3 Å². The number of anilines is 1. The van der Waals surface area contributed by atoms with Crippen LogP contribution in [0, 0.1) is 0 Å². The highest BCUT2D eigenvalue weighted by Crippen LogP contribution is 2.23. The summed E-state index contributed by atoms with van der Waals surface area (Å²) in [6.07, 6.45) is 0. The van der Waals surface area contributed by atoms with Gasteiger partial charge in [-0.15, -0.1) is 0 Å². The van der Waals surface area contributed by atoms with Gasteiger partial charge in [0, 0.05) is 6.07 Å². The van der Waals surface area contributed by atoms with E-state index in [9.17, 15) is 19.2 Å². The van der Waals surface area contributed by atoms with Crippen LogP contribution < -0.4 is 27.1 Å². The van der Waals surface area contributed by atoms with E-state index in [0.717, 1.165) is 10.6 Å². The summed E-state index contributed by atoms with van der Waals surface area (Å²) < 4.78 is 6.23. The molecule has 0 atom stereocenters. The molecule has 2 heterocycles. The predicted octanol–water partition coefficient (Wildman–Crippen LogP) is -0.833. The van der Waals surface area contributed by atoms with Crippen molar-refractivity contribution in [1.82, 2.24) is 9.88 Å². The lowest BCUT2D eigenvalue weighted by Crippen LogP contribution is -2.24. The molecule has 0 saturated carbocycles. The van der Waals surface area contributed by atoms with E-state index in [1.165, 1.54) is 24.3 Å². The van der Waals surface area contributed by atoms with Crippen LogP contribution in [-0.4, -0.2) is 28.9 Å². The quantitative estimate of drug-likeness (QED) is 0.624. The van der Waals surface area contributed by atoms with E-state index in [0.29, 0.717) is 11.4 Å². The molecule has 1 aromatic carbocycles. The molecule has 3 rings (SSSR count). The van der Waals surface area contributed by atoms with Crippen molar-refractivity contribution >= 4 is 23.5 Å². The van der Waals surface area contributed by atoms with E-state index in [4.69, 9.17) is 16.2 Å². The fourth-order valence-electron chi connectivity index (χ4n) is 2.39. The predicted molar refractivity (Wildman–Crippen MR) is 82.9 cm³/mol. The van der Waals surface area contributed by atoms with Crippen LogP contribution in [0.25, 0.3) is 5.69 Å². The van der Waals surface area contributed by atoms with Gasteiger partial charge in [0.05, 0.1) is 16.8 Å². The van der Waals surface area contributed by atoms with Crippen molar-refractivity contribution in [2.24, 2.45) is 5.73 Å². The molecule has 24 heavy (non-hydrogen) atoms. The molecule has 0 radical (unpaired) electrons. The van der Waals surface area contributed by atoms with E-state index >= 15 is 0 Å². The molecule has 3 amide bonds. The number of hydrogen-bond acceptors (Lipinski definition) is 6. The highest BCUT2D eigenvalue weighted by Gasteiger charge is 2.31. The van der Waals surface area contributed by atoms with Crippen molar-refractivity contribution in [2.75, 3.05) is 12.3 Å². The van der Waals surface area contributed by atoms with Gasteiger partial charge in [0.25, 0.3) is 23.3 Å². The summed E-state index contributed by atoms with van der Waals surface area (Å²) in [7, 11) is 0. The van der Waals surface area contributed by atoms with E-state index in [-0.39, 0.29) is 23.6 Å². The van der Waals surface area contributed by atoms with Crippen LogP contribution in [-0.2, 0) is 4.79 Å². The number of hydrogen-bond donors (Lipinski definition) is 3. The first kappa shape index (κ1) is 15.3. The minimum Gasteiger partial charge on any atom is -0.484 e. The van der Waals surface area contributed by atoms with Gasteiger partial charge in [-0.25, -0.2) is 0 Å². The van der Waals surface area contributed by atoms with Gasteiger partial charge in [-0.1, -0.05) is 0 Å². The van der Waals surface area contributed by atoms with Crippen molar-refractivity contribution in [3.05, 3.63) is 51.8 Å². The van der Waals surface area contributed by atoms with Gasteiger partial charge in [-0.2, -0.15) is 0 Å². The van der Waals surface area contributed by atoms with E-state index in [1.54, 1.807) is 0 Å². The minimum atomic E-state index is -0.652. The van der Waals surface area contributed by atoms with Gasteiger partial charge in [0.2, 0.25) is 0 Å². The molecule has 0 spiro atoms. The number of rotatable bonds is 4. The normalized spacial score (nSPS) is 12.7. The lowest BCUT2D eigenvalue weighted by molar-refractivity contribution is -0.119. The molecule has 1 aromatic heterocycles. The zero-order valence-electron chi connectivity index (χ0n) is 12.2. The van der Waals surface area contributed by atoms with E-state index in [2.05, 4.69) is 5.32 Å². The maximum Gasteiger partial charge on any atom is 0.262 e. The number of ether oxygens (including phenoxy) is 1. The second-order valence-corrected chi connectivity index (χ2v) is 5.02. The van der Waals surface area contributed by atoms with Gasteiger partial charge < -0.3 is 16.2 Å². The molecule has 0 unspecified atom stereocenters. The first-order valence-corrected chi connectivity index (χ1v) is 6.81. The van der Waals surface area contributed by atoms with E-state index < -0.39 is 23.3 Å². The third-order valence-corrected chi connectivity index (χ3v) is 3.43. The number of benzene rings is 1. The van der Waals surface area contributed by atoms with Crippen LogP contribution in [0.15, 0.2) is 35.1 Å². The molecule has 122 valence electrons. The molecule has 9 nitrogen and oxygen atoms in total. The number of fused-ring (bicyclic) bond motifs is 1. The number of carbonyl (C=O) groups is 3. The van der Waals surface area contributed by atoms with Gasteiger partial charge in [0.15, 0.2) is 6.61 Å². The second kappa shape index (κ2) is 5.54. The van der Waals surface area contributed by atoms with E-state index in [1.807, 2.05) is 0 Å². The second-order valence-electron chi connectivity index (χ2n) is 5.02. The standard InChI is InChI=1S/C15H12N4O5/c16-10(20)6-24-8-3-1-7(2-4-8)19-11(21)5-9-12(13(19)17)15(23)18-14(9)22/h1-5H,6,17H2,(H2,16,20)(H,18,22,23). The summed E-state index contributed by atoms with van der Waals surface area (Å²) in [5.41, 5.74) is 10.6. The lowest BCUT2D eigenvalue weighted by Gasteiger charge is -2.12. The maximum absolute atomic E-state index is 12.3. The molecule has 1 aliphatic rings. The number of amides is 3. The first-order chi connectivity index (χ1) is 11.4. The van der Waals surface area contributed by atoms with Crippen molar-refractivity contribution < 1.29 is 19.1 Å². The Hall–Kier alpha value is -3.62. The number of nitrogens with zero attached hydrogens (tertiary/aromatic N) is 1. The topological polar surface area (TPSA) is 147 Å². The number of nitrogens with two attached hydrogens (primary N) is 2. The van der Waals surface area contributed by atoms with Crippen molar-refractivity contribution in [3.8, 4) is 11.4 Å². The zero-order valence-corrected chi connectivity index (χ0v) is 12.2. The Morgan fingerprint density at radius 3 is 2.42 bits per heavy atom. The monoisotopic (exact) mass is 328 g/mol. The SMILES string of the molecule is NC(=O)COc1ccc(-n2c(N)c3c(cc2=O)C(=O)NC3=O)cc1. The Kier molecular flexibility index (Phi) is 3.53. The third kappa shape index (κ3) is 2.47. The first-order valence-electron chi connectivity index (χ1n) is 6.81. The molecule has 0 bridgehead atoms. The Bertz CT molecular complexity index is 930. The number of carbonyl (C=O) groups excluding carboxylic acids is 3. The molecule has 5 N–H and O–H groups in total. The average molecular weight is 328 g/mol. The van der Waals surface area contributed by atoms with Crippen molar-refractivity contribution in [1.29, 1.82) is 0 Å². The van der Waals surface area contributed by atoms with Crippen LogP contribution in [0.4, 0.5) is 5.82 Å². The van der Waals surface area contributed by atoms with Crippen molar-refractivity contribution in [2.45, 2.75) is 0 Å². The largest absolute Gasteiger partial charge is 0.484 e. The molecular formula is C15H12N4O5. The number of primary amides is 1. The summed E-state index contributed by atoms with van der Waals surface area (Å²) >= 11 is 0. The summed E-state index contributed by atoms with van der Waals surface area (Å²) in [5.74, 6) is -1.68. The molecule has 1 aliphatic heterocycles. The third-order valence-electron chi connectivity index (χ3n) is 3.43. The maximum atomic E-state index is 12.3. The smallest absolute Gasteiger partial charge is 0.262 e. The Labute approximate surface area is 134 Å². The molecule has 0 saturated heterocycles. The summed E-state index contributed by atoms with van der Waals surface area (Å²) in [4.78, 5) is 46.4. The van der Waals surface area contributed by atoms with Crippen LogP contribution in [0.1, 0.15) is 20.7 Å². The number of pyridine rings is 1. The highest BCUT2D eigenvalue weighted by molar-refractivity contribution is 6.23. The van der Waals surface area contributed by atoms with Gasteiger partial charge >= 0.3 is 0 Å². The summed E-state index contributed by atoms with van der Waals surface area (Å²) in [6, 6.07) is 7.14. The Morgan fingerprint density at radius 1 is 1.12 bits per heavy atom. The fourth-order valence-corrected chi connectivity index (χ4v) is 2.39. The van der Waals surface area contributed by atoms with Crippen LogP contribution in [0.2, 0.25) is 0 Å². The molecular weight excluding hydrogens is 316 g/mol. The number of nitrogen functional groups attached to an aromatic ring is 1. The molecule has 2 aromatic rings. The number of imide groups is 1. The minimum absolute atomic E-state index is 0.0337. The summed E-state index contributed by atoms with van der Waals surface area (Å²) in [5, 5.41) is 2.09. The molecule has 9 heteroatoms. The van der Waals surface area contributed by atoms with Gasteiger partial charge in [-0.3, -0.25) is 29.1 Å². The number of nitrogens with one attached hydrogen (secondary N) is 1. The van der Waals surface area contributed by atoms with Crippen LogP contribution in [0.5, 0.6) is 5.75 Å². The molecule has 0 aliphatic carbocycles. The number of aromatic nitrogens is 1. The molecule has 0 fully saturated rings. The fraction of sp³-hybridized carbons (Fsp3) is 0.0667. The van der Waals surface area contributed by atoms with Crippen molar-refractivity contribution in [3.63, 3.8) is 0 Å². The zero-order chi connectivity index (χ0) is 17.4. The average Bonchev–Trinajstić information content (AvgIpc) is 2.80. The van der Waals surface area contributed by atoms with Crippen LogP contribution in [0.3, 0.4) is 0 Å². The van der Waals surface area contributed by atoms with Gasteiger partial charge in [0.1, 0.15) is 11.6 Å². The highest BCUT2D eigenvalue weighted by atomic mass is 16.5. The lowest BCUT2D eigenvalue weighted by atomic mass is 10.1. The van der Waals surface area contributed by atoms with Crippen LogP contribution >= 0.6 is 0 Å². The Balaban J connectivity index is 2.03.